The van der Waals surface area contributed by atoms with Gasteiger partial charge in [0.1, 0.15) is 0 Å². The van der Waals surface area contributed by atoms with Gasteiger partial charge >= 0.3 is 0 Å². The van der Waals surface area contributed by atoms with Crippen LogP contribution in [0, 0.1) is 0 Å². The van der Waals surface area contributed by atoms with Crippen LogP contribution in [0.25, 0.3) is 12.2 Å². The zero-order valence-electron chi connectivity index (χ0n) is 8.23. The van der Waals surface area contributed by atoms with E-state index in [9.17, 15) is 0 Å². The fourth-order valence-electron chi connectivity index (χ4n) is 1.13. The summed E-state index contributed by atoms with van der Waals surface area (Å²) in [6.07, 6.45) is 3.59. The van der Waals surface area contributed by atoms with Gasteiger partial charge in [-0.1, -0.05) is 28.9 Å². The lowest BCUT2D eigenvalue weighted by molar-refractivity contribution is 0.405. The van der Waals surface area contributed by atoms with Crippen LogP contribution >= 0.6 is 23.2 Å². The molecule has 0 aliphatic rings. The van der Waals surface area contributed by atoms with Crippen molar-refractivity contribution in [2.45, 2.75) is 5.88 Å². The first-order chi connectivity index (χ1) is 7.78. The molecule has 0 radical (unpaired) electrons. The van der Waals surface area contributed by atoms with Crippen LogP contribution in [-0.2, 0) is 5.88 Å². The molecule has 2 rings (SSSR count). The second-order valence-electron chi connectivity index (χ2n) is 3.07. The minimum absolute atomic E-state index is 0.248. The monoisotopic (exact) mass is 254 g/mol. The molecule has 0 saturated heterocycles. The molecular weight excluding hydrogens is 247 g/mol. The highest BCUT2D eigenvalue weighted by atomic mass is 35.5. The van der Waals surface area contributed by atoms with E-state index < -0.39 is 0 Å². The molecule has 16 heavy (non-hydrogen) atoms. The topological polar surface area (TPSA) is 38.9 Å². The minimum atomic E-state index is 0.248. The second-order valence-corrected chi connectivity index (χ2v) is 3.77. The van der Waals surface area contributed by atoms with E-state index in [0.29, 0.717) is 16.7 Å². The molecule has 0 fully saturated rings. The van der Waals surface area contributed by atoms with Crippen molar-refractivity contribution in [1.82, 2.24) is 10.1 Å². The van der Waals surface area contributed by atoms with Gasteiger partial charge in [0.15, 0.2) is 5.82 Å². The summed E-state index contributed by atoms with van der Waals surface area (Å²) in [6, 6.07) is 7.44. The van der Waals surface area contributed by atoms with Gasteiger partial charge < -0.3 is 4.52 Å². The van der Waals surface area contributed by atoms with Crippen LogP contribution < -0.4 is 0 Å². The Morgan fingerprint density at radius 1 is 1.19 bits per heavy atom. The molecule has 0 bridgehead atoms. The molecule has 0 aliphatic carbocycles. The summed E-state index contributed by atoms with van der Waals surface area (Å²) in [5.74, 6) is 1.17. The standard InChI is InChI=1S/C11H8Cl2N2O/c12-7-10-14-11(16-15-10)6-3-8-1-4-9(13)5-2-8/h1-6H,7H2/b6-3+. The third-order valence-corrected chi connectivity index (χ3v) is 2.38. The SMILES string of the molecule is ClCc1noc(/C=C/c2ccc(Cl)cc2)n1. The van der Waals surface area contributed by atoms with E-state index in [1.165, 1.54) is 0 Å². The van der Waals surface area contributed by atoms with Crippen molar-refractivity contribution < 1.29 is 4.52 Å². The van der Waals surface area contributed by atoms with Crippen LogP contribution in [0.4, 0.5) is 0 Å². The van der Waals surface area contributed by atoms with Gasteiger partial charge in [0.25, 0.3) is 5.89 Å². The molecule has 3 nitrogen and oxygen atoms in total. The number of halogens is 2. The summed E-state index contributed by atoms with van der Waals surface area (Å²) >= 11 is 11.3. The Balaban J connectivity index is 2.11. The summed E-state index contributed by atoms with van der Waals surface area (Å²) in [6.45, 7) is 0. The van der Waals surface area contributed by atoms with E-state index in [-0.39, 0.29) is 5.88 Å². The maximum atomic E-state index is 5.77. The quantitative estimate of drug-likeness (QED) is 0.786. The third kappa shape index (κ3) is 2.84. The Morgan fingerprint density at radius 3 is 2.56 bits per heavy atom. The highest BCUT2D eigenvalue weighted by Crippen LogP contribution is 2.12. The molecule has 2 aromatic rings. The molecule has 0 unspecified atom stereocenters. The minimum Gasteiger partial charge on any atom is -0.335 e. The number of hydrogen-bond acceptors (Lipinski definition) is 3. The fraction of sp³-hybridized carbons (Fsp3) is 0.0909. The van der Waals surface area contributed by atoms with Crippen molar-refractivity contribution in [2.24, 2.45) is 0 Å². The lowest BCUT2D eigenvalue weighted by atomic mass is 10.2. The van der Waals surface area contributed by atoms with E-state index in [1.54, 1.807) is 6.08 Å². The van der Waals surface area contributed by atoms with Gasteiger partial charge in [-0.3, -0.25) is 0 Å². The van der Waals surface area contributed by atoms with Crippen molar-refractivity contribution in [3.63, 3.8) is 0 Å². The highest BCUT2D eigenvalue weighted by molar-refractivity contribution is 6.30. The van der Waals surface area contributed by atoms with Gasteiger partial charge in [-0.15, -0.1) is 11.6 Å². The number of rotatable bonds is 3. The predicted octanol–water partition coefficient (Wildman–Crippen LogP) is 3.63. The van der Waals surface area contributed by atoms with Crippen LogP contribution in [0.15, 0.2) is 28.8 Å². The van der Waals surface area contributed by atoms with E-state index >= 15 is 0 Å². The first-order valence-corrected chi connectivity index (χ1v) is 5.51. The summed E-state index contributed by atoms with van der Waals surface area (Å²) in [5.41, 5.74) is 1.01. The number of aromatic nitrogens is 2. The van der Waals surface area contributed by atoms with Gasteiger partial charge in [0.05, 0.1) is 5.88 Å². The van der Waals surface area contributed by atoms with Crippen LogP contribution in [0.2, 0.25) is 5.02 Å². The second kappa shape index (κ2) is 5.14. The molecule has 0 aliphatic heterocycles. The van der Waals surface area contributed by atoms with E-state index in [4.69, 9.17) is 27.7 Å². The predicted molar refractivity (Wildman–Crippen MR) is 64.2 cm³/mol. The lowest BCUT2D eigenvalue weighted by Crippen LogP contribution is -1.78. The molecule has 0 amide bonds. The van der Waals surface area contributed by atoms with Gasteiger partial charge in [-0.25, -0.2) is 0 Å². The Hall–Kier alpha value is -1.32. The molecule has 1 aromatic carbocycles. The molecule has 5 heteroatoms. The fourth-order valence-corrected chi connectivity index (χ4v) is 1.37. The normalized spacial score (nSPS) is 11.1. The van der Waals surface area contributed by atoms with E-state index in [1.807, 2.05) is 30.3 Å². The van der Waals surface area contributed by atoms with Crippen LogP contribution in [0.1, 0.15) is 17.3 Å². The summed E-state index contributed by atoms with van der Waals surface area (Å²) in [7, 11) is 0. The van der Waals surface area contributed by atoms with Crippen molar-refractivity contribution in [1.29, 1.82) is 0 Å². The molecule has 0 atom stereocenters. The average molecular weight is 255 g/mol. The Morgan fingerprint density at radius 2 is 1.94 bits per heavy atom. The number of alkyl halides is 1. The van der Waals surface area contributed by atoms with Gasteiger partial charge in [0.2, 0.25) is 0 Å². The molecule has 82 valence electrons. The zero-order valence-corrected chi connectivity index (χ0v) is 9.74. The Bertz CT molecular complexity index is 491. The van der Waals surface area contributed by atoms with Crippen molar-refractivity contribution >= 4 is 35.4 Å². The highest BCUT2D eigenvalue weighted by Gasteiger charge is 2.00. The van der Waals surface area contributed by atoms with E-state index in [0.717, 1.165) is 5.56 Å². The van der Waals surface area contributed by atoms with Crippen molar-refractivity contribution in [3.8, 4) is 0 Å². The molecule has 0 N–H and O–H groups in total. The summed E-state index contributed by atoms with van der Waals surface area (Å²) < 4.78 is 4.94. The van der Waals surface area contributed by atoms with Crippen LogP contribution in [0.3, 0.4) is 0 Å². The maximum absolute atomic E-state index is 5.77. The maximum Gasteiger partial charge on any atom is 0.250 e. The molecule has 1 heterocycles. The van der Waals surface area contributed by atoms with E-state index in [2.05, 4.69) is 10.1 Å². The lowest BCUT2D eigenvalue weighted by Gasteiger charge is -1.91. The average Bonchev–Trinajstić information content (AvgIpc) is 2.76. The Kier molecular flexibility index (Phi) is 3.59. The molecule has 1 aromatic heterocycles. The molecular formula is C11H8Cl2N2O. The number of benzene rings is 1. The summed E-state index contributed by atoms with van der Waals surface area (Å²) in [4.78, 5) is 4.04. The van der Waals surface area contributed by atoms with Gasteiger partial charge in [0, 0.05) is 11.1 Å². The smallest absolute Gasteiger partial charge is 0.250 e. The van der Waals surface area contributed by atoms with Crippen molar-refractivity contribution in [3.05, 3.63) is 46.6 Å². The molecule has 0 spiro atoms. The van der Waals surface area contributed by atoms with Gasteiger partial charge in [-0.05, 0) is 23.8 Å². The summed E-state index contributed by atoms with van der Waals surface area (Å²) in [5, 5.41) is 4.38. The van der Waals surface area contributed by atoms with Crippen LogP contribution in [0.5, 0.6) is 0 Å². The largest absolute Gasteiger partial charge is 0.335 e. The Labute approximate surface area is 103 Å². The first-order valence-electron chi connectivity index (χ1n) is 4.60. The van der Waals surface area contributed by atoms with Gasteiger partial charge in [-0.2, -0.15) is 4.98 Å². The van der Waals surface area contributed by atoms with Crippen molar-refractivity contribution in [2.75, 3.05) is 0 Å². The van der Waals surface area contributed by atoms with Crippen LogP contribution in [-0.4, -0.2) is 10.1 Å². The number of nitrogens with zero attached hydrogens (tertiary/aromatic N) is 2. The number of hydrogen-bond donors (Lipinski definition) is 0. The molecule has 0 saturated carbocycles. The zero-order chi connectivity index (χ0) is 11.4. The third-order valence-electron chi connectivity index (χ3n) is 1.89. The first kappa shape index (κ1) is 11.2.